The van der Waals surface area contributed by atoms with Crippen LogP contribution in [0.15, 0.2) is 25.3 Å². The largest absolute Gasteiger partial charge is 0.388 e. The van der Waals surface area contributed by atoms with Gasteiger partial charge < -0.3 is 14.6 Å². The summed E-state index contributed by atoms with van der Waals surface area (Å²) in [4.78, 5) is 0. The fraction of sp³-hybridized carbons (Fsp3) is 0.636. The average Bonchev–Trinajstić information content (AvgIpc) is 2.22. The predicted octanol–water partition coefficient (Wildman–Crippen LogP) is 1.53. The molecule has 0 aliphatic carbocycles. The lowest BCUT2D eigenvalue weighted by Gasteiger charge is -2.15. The molecule has 82 valence electrons. The molecule has 0 aromatic carbocycles. The third kappa shape index (κ3) is 6.83. The van der Waals surface area contributed by atoms with Gasteiger partial charge in [0.2, 0.25) is 0 Å². The predicted molar refractivity (Wildman–Crippen MR) is 57.2 cm³/mol. The first-order valence-electron chi connectivity index (χ1n) is 4.76. The van der Waals surface area contributed by atoms with Gasteiger partial charge >= 0.3 is 0 Å². The molecule has 0 heterocycles. The molecule has 0 saturated heterocycles. The van der Waals surface area contributed by atoms with Crippen LogP contribution in [-0.2, 0) is 9.47 Å². The zero-order valence-electron chi connectivity index (χ0n) is 8.98. The van der Waals surface area contributed by atoms with Gasteiger partial charge in [-0.05, 0) is 13.8 Å². The van der Waals surface area contributed by atoms with Gasteiger partial charge in [0.15, 0.2) is 0 Å². The fourth-order valence-electron chi connectivity index (χ4n) is 0.710. The number of aliphatic hydroxyl groups is 1. The molecule has 0 aliphatic heterocycles. The molecule has 0 aromatic heterocycles. The van der Waals surface area contributed by atoms with E-state index < -0.39 is 6.10 Å². The molecule has 0 amide bonds. The van der Waals surface area contributed by atoms with E-state index in [1.165, 1.54) is 0 Å². The molecule has 0 radical (unpaired) electrons. The summed E-state index contributed by atoms with van der Waals surface area (Å²) in [6.45, 7) is 11.4. The molecule has 0 aliphatic rings. The first kappa shape index (κ1) is 13.4. The minimum atomic E-state index is -0.597. The topological polar surface area (TPSA) is 38.7 Å². The van der Waals surface area contributed by atoms with Crippen LogP contribution in [0.1, 0.15) is 13.8 Å². The zero-order chi connectivity index (χ0) is 11.0. The van der Waals surface area contributed by atoms with Gasteiger partial charge in [0, 0.05) is 0 Å². The maximum atomic E-state index is 9.42. The fourth-order valence-corrected chi connectivity index (χ4v) is 0.710. The van der Waals surface area contributed by atoms with Crippen LogP contribution in [0.25, 0.3) is 0 Å². The SMILES string of the molecule is C=CC(C)OCC(O)COC(C)C=C. The standard InChI is InChI=1S/C11H20O3/c1-5-9(3)13-7-11(12)8-14-10(4)6-2/h5-6,9-12H,1-2,7-8H2,3-4H3. The van der Waals surface area contributed by atoms with Gasteiger partial charge in [-0.2, -0.15) is 0 Å². The summed E-state index contributed by atoms with van der Waals surface area (Å²) in [5, 5.41) is 9.42. The van der Waals surface area contributed by atoms with Crippen LogP contribution in [0.5, 0.6) is 0 Å². The van der Waals surface area contributed by atoms with Gasteiger partial charge in [0.25, 0.3) is 0 Å². The highest BCUT2D eigenvalue weighted by atomic mass is 16.5. The molecule has 14 heavy (non-hydrogen) atoms. The van der Waals surface area contributed by atoms with E-state index in [1.807, 2.05) is 13.8 Å². The van der Waals surface area contributed by atoms with Gasteiger partial charge in [-0.15, -0.1) is 13.2 Å². The van der Waals surface area contributed by atoms with Crippen molar-refractivity contribution in [2.24, 2.45) is 0 Å². The summed E-state index contributed by atoms with van der Waals surface area (Å²) >= 11 is 0. The Balaban J connectivity index is 3.49. The molecule has 2 unspecified atom stereocenters. The summed E-state index contributed by atoms with van der Waals surface area (Å²) in [5.74, 6) is 0. The third-order valence-corrected chi connectivity index (χ3v) is 1.77. The first-order valence-corrected chi connectivity index (χ1v) is 4.76. The number of hydrogen-bond acceptors (Lipinski definition) is 3. The lowest BCUT2D eigenvalue weighted by atomic mass is 10.3. The van der Waals surface area contributed by atoms with Crippen molar-refractivity contribution in [3.63, 3.8) is 0 Å². The van der Waals surface area contributed by atoms with Crippen molar-refractivity contribution in [2.75, 3.05) is 13.2 Å². The Kier molecular flexibility index (Phi) is 7.38. The number of hydrogen-bond donors (Lipinski definition) is 1. The third-order valence-electron chi connectivity index (χ3n) is 1.77. The van der Waals surface area contributed by atoms with E-state index in [4.69, 9.17) is 9.47 Å². The van der Waals surface area contributed by atoms with Crippen LogP contribution in [-0.4, -0.2) is 36.6 Å². The van der Waals surface area contributed by atoms with Gasteiger partial charge in [0.1, 0.15) is 6.10 Å². The van der Waals surface area contributed by atoms with Crippen LogP contribution >= 0.6 is 0 Å². The van der Waals surface area contributed by atoms with Crippen molar-refractivity contribution < 1.29 is 14.6 Å². The van der Waals surface area contributed by atoms with Crippen molar-refractivity contribution in [1.29, 1.82) is 0 Å². The second-order valence-electron chi connectivity index (χ2n) is 3.20. The summed E-state index contributed by atoms with van der Waals surface area (Å²) in [5.41, 5.74) is 0. The summed E-state index contributed by atoms with van der Waals surface area (Å²) in [6.07, 6.45) is 2.68. The summed E-state index contributed by atoms with van der Waals surface area (Å²) in [6, 6.07) is 0. The maximum absolute atomic E-state index is 9.42. The number of ether oxygens (including phenoxy) is 2. The Bertz CT molecular complexity index is 150. The minimum Gasteiger partial charge on any atom is -0.388 e. The molecule has 0 aromatic rings. The normalized spacial score (nSPS) is 17.1. The molecule has 3 heteroatoms. The number of rotatable bonds is 8. The van der Waals surface area contributed by atoms with E-state index in [0.29, 0.717) is 0 Å². The zero-order valence-corrected chi connectivity index (χ0v) is 8.98. The van der Waals surface area contributed by atoms with Crippen LogP contribution < -0.4 is 0 Å². The molecule has 3 nitrogen and oxygen atoms in total. The molecule has 2 atom stereocenters. The highest BCUT2D eigenvalue weighted by Crippen LogP contribution is 1.97. The first-order chi connectivity index (χ1) is 6.60. The molecule has 0 saturated carbocycles. The quantitative estimate of drug-likeness (QED) is 0.604. The molecular formula is C11H20O3. The molecule has 0 rings (SSSR count). The van der Waals surface area contributed by atoms with Crippen LogP contribution in [0.2, 0.25) is 0 Å². The van der Waals surface area contributed by atoms with Crippen molar-refractivity contribution in [3.8, 4) is 0 Å². The Morgan fingerprint density at radius 2 is 1.43 bits per heavy atom. The van der Waals surface area contributed by atoms with E-state index in [9.17, 15) is 5.11 Å². The van der Waals surface area contributed by atoms with Gasteiger partial charge in [0.05, 0.1) is 25.4 Å². The van der Waals surface area contributed by atoms with E-state index in [2.05, 4.69) is 13.2 Å². The number of aliphatic hydroxyl groups excluding tert-OH is 1. The van der Waals surface area contributed by atoms with Gasteiger partial charge in [-0.1, -0.05) is 12.2 Å². The molecule has 0 fully saturated rings. The van der Waals surface area contributed by atoms with E-state index >= 15 is 0 Å². The van der Waals surface area contributed by atoms with Crippen molar-refractivity contribution in [2.45, 2.75) is 32.2 Å². The Morgan fingerprint density at radius 3 is 1.71 bits per heavy atom. The van der Waals surface area contributed by atoms with E-state index in [1.54, 1.807) is 12.2 Å². The smallest absolute Gasteiger partial charge is 0.101 e. The van der Waals surface area contributed by atoms with E-state index in [-0.39, 0.29) is 25.4 Å². The van der Waals surface area contributed by atoms with Crippen molar-refractivity contribution >= 4 is 0 Å². The molecule has 0 spiro atoms. The Labute approximate surface area is 86.0 Å². The van der Waals surface area contributed by atoms with Crippen LogP contribution in [0.4, 0.5) is 0 Å². The lowest BCUT2D eigenvalue weighted by molar-refractivity contribution is -0.0386. The van der Waals surface area contributed by atoms with E-state index in [0.717, 1.165) is 0 Å². The molecular weight excluding hydrogens is 180 g/mol. The monoisotopic (exact) mass is 200 g/mol. The van der Waals surface area contributed by atoms with Crippen LogP contribution in [0.3, 0.4) is 0 Å². The molecule has 0 bridgehead atoms. The Hall–Kier alpha value is -0.640. The Morgan fingerprint density at radius 1 is 1.07 bits per heavy atom. The van der Waals surface area contributed by atoms with Crippen molar-refractivity contribution in [3.05, 3.63) is 25.3 Å². The maximum Gasteiger partial charge on any atom is 0.101 e. The molecule has 1 N–H and O–H groups in total. The van der Waals surface area contributed by atoms with Crippen molar-refractivity contribution in [1.82, 2.24) is 0 Å². The highest BCUT2D eigenvalue weighted by Gasteiger charge is 2.07. The summed E-state index contributed by atoms with van der Waals surface area (Å²) in [7, 11) is 0. The second kappa shape index (κ2) is 7.74. The summed E-state index contributed by atoms with van der Waals surface area (Å²) < 4.78 is 10.5. The highest BCUT2D eigenvalue weighted by molar-refractivity contribution is 4.77. The van der Waals surface area contributed by atoms with Crippen LogP contribution in [0, 0.1) is 0 Å². The second-order valence-corrected chi connectivity index (χ2v) is 3.20. The van der Waals surface area contributed by atoms with Gasteiger partial charge in [-0.3, -0.25) is 0 Å². The minimum absolute atomic E-state index is 0.0403. The van der Waals surface area contributed by atoms with Gasteiger partial charge in [-0.25, -0.2) is 0 Å². The average molecular weight is 200 g/mol. The lowest BCUT2D eigenvalue weighted by Crippen LogP contribution is -2.25.